The zero-order valence-electron chi connectivity index (χ0n) is 17.1. The lowest BCUT2D eigenvalue weighted by Gasteiger charge is -2.22. The molecule has 150 valence electrons. The number of anilines is 2. The van der Waals surface area contributed by atoms with Gasteiger partial charge in [0.2, 0.25) is 0 Å². The van der Waals surface area contributed by atoms with Crippen molar-refractivity contribution in [3.05, 3.63) is 84.1 Å². The minimum atomic E-state index is -0.213. The number of amides is 1. The molecule has 2 aromatic carbocycles. The number of ether oxygens (including phenoxy) is 1. The largest absolute Gasteiger partial charge is 0.489 e. The molecule has 0 aliphatic heterocycles. The highest BCUT2D eigenvalue weighted by molar-refractivity contribution is 6.04. The van der Waals surface area contributed by atoms with Gasteiger partial charge in [-0.2, -0.15) is 0 Å². The number of hydrogen-bond donors (Lipinski definition) is 1. The summed E-state index contributed by atoms with van der Waals surface area (Å²) in [6.07, 6.45) is 1.64. The number of nitrogens with zero attached hydrogens (tertiary/aromatic N) is 2. The molecule has 0 aliphatic rings. The first-order valence-electron chi connectivity index (χ1n) is 9.88. The van der Waals surface area contributed by atoms with E-state index in [1.54, 1.807) is 12.3 Å². The van der Waals surface area contributed by atoms with Crippen molar-refractivity contribution in [3.63, 3.8) is 0 Å². The van der Waals surface area contributed by atoms with Crippen molar-refractivity contribution >= 4 is 17.4 Å². The number of hydrogen-bond acceptors (Lipinski definition) is 4. The van der Waals surface area contributed by atoms with Crippen LogP contribution in [0.25, 0.3) is 0 Å². The van der Waals surface area contributed by atoms with Crippen molar-refractivity contribution < 1.29 is 9.53 Å². The Bertz CT molecular complexity index is 924. The predicted octanol–water partition coefficient (Wildman–Crippen LogP) is 5.15. The van der Waals surface area contributed by atoms with Crippen LogP contribution in [0.1, 0.15) is 36.7 Å². The average Bonchev–Trinajstić information content (AvgIpc) is 2.74. The van der Waals surface area contributed by atoms with Gasteiger partial charge in [0, 0.05) is 19.3 Å². The Morgan fingerprint density at radius 3 is 2.41 bits per heavy atom. The topological polar surface area (TPSA) is 54.5 Å². The molecule has 3 aromatic rings. The number of carbonyl (C=O) groups is 1. The van der Waals surface area contributed by atoms with Crippen LogP contribution in [-0.2, 0) is 6.54 Å². The minimum absolute atomic E-state index is 0.0265. The number of carbonyl (C=O) groups excluding carboxylic acids is 1. The van der Waals surface area contributed by atoms with Gasteiger partial charge in [-0.3, -0.25) is 4.79 Å². The smallest absolute Gasteiger partial charge is 0.257 e. The van der Waals surface area contributed by atoms with Gasteiger partial charge in [-0.05, 0) is 50.6 Å². The molecule has 1 heterocycles. The number of aromatic nitrogens is 1. The van der Waals surface area contributed by atoms with Gasteiger partial charge < -0.3 is 15.0 Å². The summed E-state index contributed by atoms with van der Waals surface area (Å²) in [6, 6.07) is 21.4. The van der Waals surface area contributed by atoms with Crippen molar-refractivity contribution in [2.45, 2.75) is 33.4 Å². The van der Waals surface area contributed by atoms with Gasteiger partial charge in [0.25, 0.3) is 5.91 Å². The zero-order chi connectivity index (χ0) is 20.6. The van der Waals surface area contributed by atoms with Crippen LogP contribution in [0.4, 0.5) is 11.5 Å². The molecule has 0 unspecified atom stereocenters. The Morgan fingerprint density at radius 2 is 1.76 bits per heavy atom. The Hall–Kier alpha value is -3.34. The SMILES string of the molecule is CCN(Cc1ccccc1)c1ccc(C(=O)Nc2ccccc2OC(C)C)cn1. The van der Waals surface area contributed by atoms with Crippen LogP contribution in [0.5, 0.6) is 5.75 Å². The molecule has 1 amide bonds. The normalized spacial score (nSPS) is 10.6. The van der Waals surface area contributed by atoms with Gasteiger partial charge in [0.15, 0.2) is 0 Å². The van der Waals surface area contributed by atoms with E-state index < -0.39 is 0 Å². The maximum atomic E-state index is 12.7. The molecular weight excluding hydrogens is 362 g/mol. The molecule has 5 heteroatoms. The van der Waals surface area contributed by atoms with Crippen LogP contribution in [0, 0.1) is 0 Å². The maximum Gasteiger partial charge on any atom is 0.257 e. The summed E-state index contributed by atoms with van der Waals surface area (Å²) in [6.45, 7) is 7.60. The molecule has 5 nitrogen and oxygen atoms in total. The average molecular weight is 389 g/mol. The lowest BCUT2D eigenvalue weighted by atomic mass is 10.2. The first kappa shape index (κ1) is 20.4. The summed E-state index contributed by atoms with van der Waals surface area (Å²) in [7, 11) is 0. The highest BCUT2D eigenvalue weighted by atomic mass is 16.5. The van der Waals surface area contributed by atoms with Crippen molar-refractivity contribution in [1.29, 1.82) is 0 Å². The fourth-order valence-electron chi connectivity index (χ4n) is 2.99. The Morgan fingerprint density at radius 1 is 1.03 bits per heavy atom. The fourth-order valence-corrected chi connectivity index (χ4v) is 2.99. The highest BCUT2D eigenvalue weighted by Crippen LogP contribution is 2.25. The minimum Gasteiger partial charge on any atom is -0.489 e. The van der Waals surface area contributed by atoms with Crippen LogP contribution in [0.2, 0.25) is 0 Å². The van der Waals surface area contributed by atoms with E-state index in [1.165, 1.54) is 5.56 Å². The van der Waals surface area contributed by atoms with Crippen molar-refractivity contribution in [2.24, 2.45) is 0 Å². The molecule has 0 bridgehead atoms. The van der Waals surface area contributed by atoms with E-state index >= 15 is 0 Å². The highest BCUT2D eigenvalue weighted by Gasteiger charge is 2.13. The van der Waals surface area contributed by atoms with Crippen molar-refractivity contribution in [1.82, 2.24) is 4.98 Å². The van der Waals surface area contributed by atoms with Crippen LogP contribution >= 0.6 is 0 Å². The lowest BCUT2D eigenvalue weighted by molar-refractivity contribution is 0.102. The van der Waals surface area contributed by atoms with E-state index in [0.717, 1.165) is 18.9 Å². The second-order valence-electron chi connectivity index (χ2n) is 7.02. The van der Waals surface area contributed by atoms with E-state index in [9.17, 15) is 4.79 Å². The number of pyridine rings is 1. The summed E-state index contributed by atoms with van der Waals surface area (Å²) in [5.74, 6) is 1.28. The maximum absolute atomic E-state index is 12.7. The van der Waals surface area contributed by atoms with E-state index in [0.29, 0.717) is 17.0 Å². The fraction of sp³-hybridized carbons (Fsp3) is 0.250. The summed E-state index contributed by atoms with van der Waals surface area (Å²) in [5, 5.41) is 2.92. The van der Waals surface area contributed by atoms with Crippen LogP contribution in [0.3, 0.4) is 0 Å². The molecule has 0 saturated carbocycles. The van der Waals surface area contributed by atoms with Gasteiger partial charge in [-0.15, -0.1) is 0 Å². The van der Waals surface area contributed by atoms with Crippen LogP contribution in [0.15, 0.2) is 72.9 Å². The first-order chi connectivity index (χ1) is 14.1. The molecule has 3 rings (SSSR count). The van der Waals surface area contributed by atoms with Gasteiger partial charge in [0.05, 0.1) is 17.4 Å². The molecule has 0 saturated heterocycles. The summed E-state index contributed by atoms with van der Waals surface area (Å²) >= 11 is 0. The third kappa shape index (κ3) is 5.57. The molecule has 0 atom stereocenters. The predicted molar refractivity (Wildman–Crippen MR) is 118 cm³/mol. The zero-order valence-corrected chi connectivity index (χ0v) is 17.1. The summed E-state index contributed by atoms with van der Waals surface area (Å²) in [4.78, 5) is 19.4. The molecule has 0 radical (unpaired) electrons. The van der Waals surface area contributed by atoms with Crippen molar-refractivity contribution in [3.8, 4) is 5.75 Å². The number of benzene rings is 2. The van der Waals surface area contributed by atoms with Crippen LogP contribution in [-0.4, -0.2) is 23.5 Å². The Kier molecular flexibility index (Phi) is 6.85. The first-order valence-corrected chi connectivity index (χ1v) is 9.88. The second kappa shape index (κ2) is 9.73. The van der Waals surface area contributed by atoms with Crippen molar-refractivity contribution in [2.75, 3.05) is 16.8 Å². The number of rotatable bonds is 8. The standard InChI is InChI=1S/C24H27N3O2/c1-4-27(17-19-10-6-5-7-11-19)23-15-14-20(16-25-23)24(28)26-21-12-8-9-13-22(21)29-18(2)3/h5-16,18H,4,17H2,1-3H3,(H,26,28). The lowest BCUT2D eigenvalue weighted by Crippen LogP contribution is -2.23. The van der Waals surface area contributed by atoms with Gasteiger partial charge >= 0.3 is 0 Å². The molecule has 0 spiro atoms. The quantitative estimate of drug-likeness (QED) is 0.579. The van der Waals surface area contributed by atoms with E-state index in [-0.39, 0.29) is 12.0 Å². The van der Waals surface area contributed by atoms with Gasteiger partial charge in [-0.1, -0.05) is 42.5 Å². The molecule has 0 fully saturated rings. The third-order valence-electron chi connectivity index (χ3n) is 4.43. The summed E-state index contributed by atoms with van der Waals surface area (Å²) in [5.41, 5.74) is 2.37. The molecule has 1 N–H and O–H groups in total. The Labute approximate surface area is 172 Å². The molecule has 1 aromatic heterocycles. The monoisotopic (exact) mass is 389 g/mol. The second-order valence-corrected chi connectivity index (χ2v) is 7.02. The molecule has 29 heavy (non-hydrogen) atoms. The van der Waals surface area contributed by atoms with E-state index in [2.05, 4.69) is 34.3 Å². The van der Waals surface area contributed by atoms with Gasteiger partial charge in [0.1, 0.15) is 11.6 Å². The number of nitrogens with one attached hydrogen (secondary N) is 1. The number of para-hydroxylation sites is 2. The van der Waals surface area contributed by atoms with E-state index in [4.69, 9.17) is 4.74 Å². The van der Waals surface area contributed by atoms with Gasteiger partial charge in [-0.25, -0.2) is 4.98 Å². The molecular formula is C24H27N3O2. The molecule has 0 aliphatic carbocycles. The summed E-state index contributed by atoms with van der Waals surface area (Å²) < 4.78 is 5.77. The third-order valence-corrected chi connectivity index (χ3v) is 4.43. The van der Waals surface area contributed by atoms with Crippen LogP contribution < -0.4 is 15.0 Å². The van der Waals surface area contributed by atoms with E-state index in [1.807, 2.05) is 62.4 Å². The Balaban J connectivity index is 1.70.